The van der Waals surface area contributed by atoms with Crippen molar-refractivity contribution in [3.05, 3.63) is 12.7 Å². The van der Waals surface area contributed by atoms with Crippen LogP contribution in [0.5, 0.6) is 0 Å². The summed E-state index contributed by atoms with van der Waals surface area (Å²) in [5.74, 6) is -0.00781. The Hall–Kier alpha value is -1.91. The van der Waals surface area contributed by atoms with E-state index in [-0.39, 0.29) is 23.4 Å². The summed E-state index contributed by atoms with van der Waals surface area (Å²) in [4.78, 5) is 8.24. The van der Waals surface area contributed by atoms with E-state index >= 15 is 0 Å². The van der Waals surface area contributed by atoms with E-state index in [0.29, 0.717) is 23.2 Å². The van der Waals surface area contributed by atoms with Crippen LogP contribution in [0.4, 0.5) is 5.82 Å². The third kappa shape index (κ3) is 4.38. The highest BCUT2D eigenvalue weighted by Gasteiger charge is 2.50. The number of fused-ring (bicyclic) bond motifs is 1. The normalized spacial score (nSPS) is 25.8. The van der Waals surface area contributed by atoms with Gasteiger partial charge < -0.3 is 25.9 Å². The molecule has 2 aromatic heterocycles. The lowest BCUT2D eigenvalue weighted by Crippen LogP contribution is -2.39. The average molecular weight is 457 g/mol. The Kier molecular flexibility index (Phi) is 7.12. The molecule has 1 aliphatic rings. The van der Waals surface area contributed by atoms with Crippen molar-refractivity contribution in [3.63, 3.8) is 0 Å². The molecule has 0 bridgehead atoms. The van der Waals surface area contributed by atoms with Crippen molar-refractivity contribution in [1.82, 2.24) is 14.5 Å². The molecule has 0 aromatic carbocycles. The molecule has 0 aliphatic carbocycles. The van der Waals surface area contributed by atoms with Crippen molar-refractivity contribution in [2.75, 3.05) is 5.73 Å². The first-order valence-corrected chi connectivity index (χ1v) is 11.8. The molecular weight excluding hydrogens is 425 g/mol. The summed E-state index contributed by atoms with van der Waals surface area (Å²) in [5, 5.41) is 31.1. The number of anilines is 1. The molecule has 3 heterocycles. The van der Waals surface area contributed by atoms with Crippen molar-refractivity contribution >= 4 is 25.0 Å². The van der Waals surface area contributed by atoms with Crippen LogP contribution in [0.3, 0.4) is 0 Å². The number of aliphatic hydroxyl groups excluding tert-OH is 2. The van der Waals surface area contributed by atoms with Crippen molar-refractivity contribution in [2.24, 2.45) is 0 Å². The van der Waals surface area contributed by atoms with Gasteiger partial charge in [-0.25, -0.2) is 4.98 Å². The van der Waals surface area contributed by atoms with E-state index in [2.05, 4.69) is 9.97 Å². The van der Waals surface area contributed by atoms with Crippen LogP contribution in [0, 0.1) is 0 Å². The minimum absolute atomic E-state index is 0.00781. The second kappa shape index (κ2) is 9.30. The van der Waals surface area contributed by atoms with Gasteiger partial charge in [-0.3, -0.25) is 4.57 Å². The minimum atomic E-state index is -1.88. The van der Waals surface area contributed by atoms with E-state index in [0.717, 1.165) is 12.7 Å². The van der Waals surface area contributed by atoms with Crippen LogP contribution >= 0.6 is 8.03 Å². The monoisotopic (exact) mass is 457 g/mol. The highest BCUT2D eigenvalue weighted by atomic mass is 31.1. The summed E-state index contributed by atoms with van der Waals surface area (Å²) in [6.07, 6.45) is 0.529. The summed E-state index contributed by atoms with van der Waals surface area (Å²) >= 11 is 0. The fourth-order valence-corrected chi connectivity index (χ4v) is 4.95. The first-order valence-electron chi connectivity index (χ1n) is 10.6. The van der Waals surface area contributed by atoms with Gasteiger partial charge in [-0.2, -0.15) is 0 Å². The molecule has 2 unspecified atom stereocenters. The molecule has 0 amide bonds. The number of nitrogens with two attached hydrogens (primary N) is 1. The fraction of sp³-hybridized carbons (Fsp3) is 0.737. The number of nitrogen functional groups attached to an aromatic ring is 1. The van der Waals surface area contributed by atoms with Crippen LogP contribution in [-0.4, -0.2) is 59.5 Å². The van der Waals surface area contributed by atoms with Crippen molar-refractivity contribution in [3.8, 4) is 0 Å². The van der Waals surface area contributed by atoms with E-state index in [1.807, 2.05) is 27.7 Å². The number of aliphatic hydroxyl groups is 2. The fourth-order valence-electron chi connectivity index (χ4n) is 3.76. The quantitative estimate of drug-likeness (QED) is 0.250. The number of hydrogen-bond acceptors (Lipinski definition) is 9. The van der Waals surface area contributed by atoms with Crippen LogP contribution in [0.25, 0.3) is 11.2 Å². The Bertz CT molecular complexity index is 936. The maximum atomic E-state index is 12.6. The molecule has 12 heteroatoms. The predicted octanol–water partition coefficient (Wildman–Crippen LogP) is 1.66. The average Bonchev–Trinajstić information content (AvgIpc) is 3.31. The number of imidazole rings is 1. The summed E-state index contributed by atoms with van der Waals surface area (Å²) in [7, 11) is -1.88. The largest absolute Gasteiger partial charge is 0.511 e. The SMILES string of the molecule is CCC(C)[P+](=O)OC(CC)(CC)C[C@H]1O[C@H](n2cnc3c(N)[n+](O)cnc32)[C@H](O)[C@@H]1O. The zero-order valence-electron chi connectivity index (χ0n) is 18.2. The Morgan fingerprint density at radius 2 is 2.00 bits per heavy atom. The first kappa shape index (κ1) is 23.7. The van der Waals surface area contributed by atoms with Crippen molar-refractivity contribution in [2.45, 2.75) is 89.2 Å². The van der Waals surface area contributed by atoms with E-state index in [4.69, 9.17) is 15.0 Å². The molecule has 172 valence electrons. The lowest BCUT2D eigenvalue weighted by atomic mass is 9.88. The van der Waals surface area contributed by atoms with E-state index < -0.39 is 38.2 Å². The zero-order chi connectivity index (χ0) is 22.9. The van der Waals surface area contributed by atoms with E-state index in [9.17, 15) is 20.0 Å². The Morgan fingerprint density at radius 3 is 2.61 bits per heavy atom. The third-order valence-corrected chi connectivity index (χ3v) is 7.91. The van der Waals surface area contributed by atoms with Gasteiger partial charge in [0.05, 0.1) is 6.10 Å². The predicted molar refractivity (Wildman–Crippen MR) is 112 cm³/mol. The first-order chi connectivity index (χ1) is 14.7. The molecule has 0 radical (unpaired) electrons. The minimum Gasteiger partial charge on any atom is -0.388 e. The third-order valence-electron chi connectivity index (χ3n) is 6.25. The van der Waals surface area contributed by atoms with Gasteiger partial charge in [0.25, 0.3) is 12.1 Å². The molecule has 3 rings (SSSR count). The zero-order valence-corrected chi connectivity index (χ0v) is 19.1. The molecule has 0 saturated carbocycles. The second-order valence-corrected chi connectivity index (χ2v) is 9.71. The van der Waals surface area contributed by atoms with Crippen LogP contribution in [0.1, 0.15) is 59.6 Å². The van der Waals surface area contributed by atoms with Crippen LogP contribution in [-0.2, 0) is 13.8 Å². The summed E-state index contributed by atoms with van der Waals surface area (Å²) < 4.78 is 26.8. The van der Waals surface area contributed by atoms with Gasteiger partial charge in [0, 0.05) is 6.42 Å². The molecule has 1 fully saturated rings. The molecule has 11 nitrogen and oxygen atoms in total. The van der Waals surface area contributed by atoms with Gasteiger partial charge in [0.1, 0.15) is 24.1 Å². The summed E-state index contributed by atoms with van der Waals surface area (Å²) in [6.45, 7) is 7.73. The lowest BCUT2D eigenvalue weighted by molar-refractivity contribution is -0.894. The highest BCUT2D eigenvalue weighted by molar-refractivity contribution is 7.40. The maximum absolute atomic E-state index is 12.6. The molecule has 2 aromatic rings. The number of rotatable bonds is 9. The van der Waals surface area contributed by atoms with Gasteiger partial charge >= 0.3 is 8.03 Å². The standard InChI is InChI=1S/C19H31N5O6P/c1-5-11(4)31(28)30-19(6-2,7-3)8-12-14(25)15(26)18(29-12)23-9-21-13-16(20)24(27)10-22-17(13)23/h9-12,14-15,18,20,25-27H,5-8H2,1-4H3/q+1/p+1/t11?,12-,14-,15-,18+/m1/s1. The lowest BCUT2D eigenvalue weighted by Gasteiger charge is -2.29. The summed E-state index contributed by atoms with van der Waals surface area (Å²) in [5.41, 5.74) is 5.53. The molecule has 5 N–H and O–H groups in total. The van der Waals surface area contributed by atoms with Gasteiger partial charge in [0.15, 0.2) is 11.9 Å². The van der Waals surface area contributed by atoms with Gasteiger partial charge in [-0.15, -0.1) is 4.52 Å². The van der Waals surface area contributed by atoms with Crippen LogP contribution < -0.4 is 10.5 Å². The topological polar surface area (TPSA) is 157 Å². The molecule has 1 saturated heterocycles. The van der Waals surface area contributed by atoms with Crippen molar-refractivity contribution in [1.29, 1.82) is 0 Å². The van der Waals surface area contributed by atoms with Gasteiger partial charge in [-0.05, 0) is 30.8 Å². The second-order valence-electron chi connectivity index (χ2n) is 8.07. The van der Waals surface area contributed by atoms with Gasteiger partial charge in [0.2, 0.25) is 11.2 Å². The molecule has 6 atom stereocenters. The number of nitrogens with zero attached hydrogens (tertiary/aromatic N) is 4. The van der Waals surface area contributed by atoms with E-state index in [1.54, 1.807) is 0 Å². The highest BCUT2D eigenvalue weighted by Crippen LogP contribution is 2.44. The maximum Gasteiger partial charge on any atom is 0.511 e. The van der Waals surface area contributed by atoms with Crippen molar-refractivity contribution < 1.29 is 34.0 Å². The van der Waals surface area contributed by atoms with Crippen LogP contribution in [0.15, 0.2) is 12.7 Å². The molecule has 31 heavy (non-hydrogen) atoms. The Labute approximate surface area is 181 Å². The molecule has 1 aliphatic heterocycles. The smallest absolute Gasteiger partial charge is 0.388 e. The molecule has 0 spiro atoms. The number of ether oxygens (including phenoxy) is 1. The Balaban J connectivity index is 1.84. The summed E-state index contributed by atoms with van der Waals surface area (Å²) in [6, 6.07) is 0. The Morgan fingerprint density at radius 1 is 1.32 bits per heavy atom. The van der Waals surface area contributed by atoms with Crippen LogP contribution in [0.2, 0.25) is 0 Å². The number of aromatic nitrogens is 4. The van der Waals surface area contributed by atoms with E-state index in [1.165, 1.54) is 10.9 Å². The molecular formula is C19H32N5O6P+2. The van der Waals surface area contributed by atoms with Gasteiger partial charge in [-0.1, -0.05) is 30.5 Å². The number of hydrogen-bond donors (Lipinski definition) is 4.